The lowest BCUT2D eigenvalue weighted by Crippen LogP contribution is -2.00. The number of hydrogen-bond acceptors (Lipinski definition) is 5. The number of methoxy groups -OCH3 is 1. The van der Waals surface area contributed by atoms with Gasteiger partial charge in [-0.2, -0.15) is 4.98 Å². The molecule has 0 radical (unpaired) electrons. The number of nitrogens with zero attached hydrogens (tertiary/aromatic N) is 2. The summed E-state index contributed by atoms with van der Waals surface area (Å²) in [4.78, 5) is 15.6. The van der Waals surface area contributed by atoms with Crippen LogP contribution in [0.15, 0.2) is 47.0 Å². The monoisotopic (exact) mass is 316 g/mol. The van der Waals surface area contributed by atoms with E-state index in [4.69, 9.17) is 4.52 Å². The maximum atomic E-state index is 13.8. The number of esters is 1. The Hall–Kier alpha value is -3.09. The third kappa shape index (κ3) is 2.80. The highest BCUT2D eigenvalue weighted by atomic mass is 19.2. The van der Waals surface area contributed by atoms with Gasteiger partial charge in [0.2, 0.25) is 5.82 Å². The Balaban J connectivity index is 1.99. The van der Waals surface area contributed by atoms with Crippen LogP contribution in [0.25, 0.3) is 22.8 Å². The average Bonchev–Trinajstić information content (AvgIpc) is 3.06. The summed E-state index contributed by atoms with van der Waals surface area (Å²) < 4.78 is 36.6. The third-order valence-corrected chi connectivity index (χ3v) is 3.15. The van der Waals surface area contributed by atoms with Gasteiger partial charge in [0.15, 0.2) is 11.6 Å². The molecular formula is C16H10F2N2O3. The number of hydrogen-bond donors (Lipinski definition) is 0. The fourth-order valence-electron chi connectivity index (χ4n) is 2.02. The van der Waals surface area contributed by atoms with Crippen LogP contribution >= 0.6 is 0 Å². The molecule has 116 valence electrons. The molecule has 0 N–H and O–H groups in total. The molecule has 0 saturated heterocycles. The Morgan fingerprint density at radius 3 is 2.74 bits per heavy atom. The van der Waals surface area contributed by atoms with Gasteiger partial charge < -0.3 is 9.26 Å². The number of aromatic nitrogens is 2. The summed E-state index contributed by atoms with van der Waals surface area (Å²) in [6.45, 7) is 0. The SMILES string of the molecule is COC(=O)c1cccc(-c2noc(-c3cccc(F)c3F)n2)c1. The molecule has 0 fully saturated rings. The zero-order valence-corrected chi connectivity index (χ0v) is 11.9. The molecule has 0 bridgehead atoms. The van der Waals surface area contributed by atoms with Crippen LogP contribution in [0, 0.1) is 11.6 Å². The zero-order valence-electron chi connectivity index (χ0n) is 11.9. The Labute approximate surface area is 129 Å². The Bertz CT molecular complexity index is 877. The highest BCUT2D eigenvalue weighted by Crippen LogP contribution is 2.26. The molecule has 0 aliphatic rings. The van der Waals surface area contributed by atoms with Gasteiger partial charge in [0.1, 0.15) is 0 Å². The number of benzene rings is 2. The van der Waals surface area contributed by atoms with E-state index in [0.717, 1.165) is 6.07 Å². The van der Waals surface area contributed by atoms with Crippen LogP contribution in [0.1, 0.15) is 10.4 Å². The summed E-state index contributed by atoms with van der Waals surface area (Å²) in [5.41, 5.74) is 0.667. The third-order valence-electron chi connectivity index (χ3n) is 3.15. The molecule has 0 unspecified atom stereocenters. The maximum Gasteiger partial charge on any atom is 0.337 e. The number of carbonyl (C=O) groups excluding carboxylic acids is 1. The van der Waals surface area contributed by atoms with E-state index in [-0.39, 0.29) is 17.3 Å². The minimum absolute atomic E-state index is 0.132. The lowest BCUT2D eigenvalue weighted by atomic mass is 10.1. The topological polar surface area (TPSA) is 65.2 Å². The summed E-state index contributed by atoms with van der Waals surface area (Å²) in [7, 11) is 1.27. The molecule has 1 heterocycles. The zero-order chi connectivity index (χ0) is 16.4. The Morgan fingerprint density at radius 1 is 1.17 bits per heavy atom. The van der Waals surface area contributed by atoms with Gasteiger partial charge in [-0.05, 0) is 24.3 Å². The van der Waals surface area contributed by atoms with Crippen molar-refractivity contribution in [2.24, 2.45) is 0 Å². The quantitative estimate of drug-likeness (QED) is 0.692. The summed E-state index contributed by atoms with van der Waals surface area (Å²) in [6, 6.07) is 10.0. The van der Waals surface area contributed by atoms with Crippen LogP contribution in [0.5, 0.6) is 0 Å². The molecule has 0 amide bonds. The highest BCUT2D eigenvalue weighted by molar-refractivity contribution is 5.90. The van der Waals surface area contributed by atoms with Crippen LogP contribution in [0.2, 0.25) is 0 Å². The normalized spacial score (nSPS) is 10.6. The number of halogens is 2. The maximum absolute atomic E-state index is 13.8. The molecule has 3 aromatic rings. The van der Waals surface area contributed by atoms with Crippen LogP contribution in [-0.2, 0) is 4.74 Å². The summed E-state index contributed by atoms with van der Waals surface area (Å²) in [5.74, 6) is -2.58. The van der Waals surface area contributed by atoms with E-state index < -0.39 is 17.6 Å². The van der Waals surface area contributed by atoms with Crippen molar-refractivity contribution in [1.82, 2.24) is 10.1 Å². The predicted molar refractivity (Wildman–Crippen MR) is 76.4 cm³/mol. The number of ether oxygens (including phenoxy) is 1. The van der Waals surface area contributed by atoms with E-state index in [1.54, 1.807) is 18.2 Å². The standard InChI is InChI=1S/C16H10F2N2O3/c1-22-16(21)10-5-2-4-9(8-10)14-19-15(23-20-14)11-6-3-7-12(17)13(11)18/h2-8H,1H3. The minimum Gasteiger partial charge on any atom is -0.465 e. The fourth-order valence-corrected chi connectivity index (χ4v) is 2.02. The molecule has 1 aromatic heterocycles. The van der Waals surface area contributed by atoms with Gasteiger partial charge in [0, 0.05) is 5.56 Å². The van der Waals surface area contributed by atoms with Crippen molar-refractivity contribution >= 4 is 5.97 Å². The first-order valence-corrected chi connectivity index (χ1v) is 6.57. The van der Waals surface area contributed by atoms with E-state index in [1.807, 2.05) is 0 Å². The van der Waals surface area contributed by atoms with Crippen molar-refractivity contribution in [1.29, 1.82) is 0 Å². The minimum atomic E-state index is -1.06. The molecule has 0 atom stereocenters. The second kappa shape index (κ2) is 5.96. The lowest BCUT2D eigenvalue weighted by molar-refractivity contribution is 0.0601. The first kappa shape index (κ1) is 14.8. The van der Waals surface area contributed by atoms with E-state index in [2.05, 4.69) is 14.9 Å². The van der Waals surface area contributed by atoms with Crippen molar-refractivity contribution in [3.8, 4) is 22.8 Å². The molecule has 5 nitrogen and oxygen atoms in total. The molecule has 0 saturated carbocycles. The van der Waals surface area contributed by atoms with E-state index in [0.29, 0.717) is 11.1 Å². The molecule has 0 aliphatic heterocycles. The van der Waals surface area contributed by atoms with Gasteiger partial charge in [-0.25, -0.2) is 13.6 Å². The Morgan fingerprint density at radius 2 is 1.96 bits per heavy atom. The summed E-state index contributed by atoms with van der Waals surface area (Å²) >= 11 is 0. The second-order valence-electron chi connectivity index (χ2n) is 4.60. The van der Waals surface area contributed by atoms with Crippen molar-refractivity contribution in [2.45, 2.75) is 0 Å². The predicted octanol–water partition coefficient (Wildman–Crippen LogP) is 3.47. The van der Waals surface area contributed by atoms with Gasteiger partial charge in [-0.15, -0.1) is 0 Å². The van der Waals surface area contributed by atoms with Crippen LogP contribution in [0.3, 0.4) is 0 Å². The van der Waals surface area contributed by atoms with Gasteiger partial charge in [-0.1, -0.05) is 23.4 Å². The molecule has 0 spiro atoms. The van der Waals surface area contributed by atoms with E-state index in [9.17, 15) is 13.6 Å². The molecule has 23 heavy (non-hydrogen) atoms. The van der Waals surface area contributed by atoms with E-state index >= 15 is 0 Å². The molecule has 3 rings (SSSR count). The summed E-state index contributed by atoms with van der Waals surface area (Å²) in [5, 5.41) is 3.73. The first-order chi connectivity index (χ1) is 11.1. The molecule has 7 heteroatoms. The number of rotatable bonds is 3. The largest absolute Gasteiger partial charge is 0.465 e. The fraction of sp³-hybridized carbons (Fsp3) is 0.0625. The van der Waals surface area contributed by atoms with Crippen molar-refractivity contribution in [2.75, 3.05) is 7.11 Å². The summed E-state index contributed by atoms with van der Waals surface area (Å²) in [6.07, 6.45) is 0. The van der Waals surface area contributed by atoms with Gasteiger partial charge in [0.25, 0.3) is 5.89 Å². The van der Waals surface area contributed by atoms with Crippen molar-refractivity contribution in [3.05, 3.63) is 59.7 Å². The van der Waals surface area contributed by atoms with Gasteiger partial charge in [-0.3, -0.25) is 0 Å². The van der Waals surface area contributed by atoms with Crippen molar-refractivity contribution < 1.29 is 22.8 Å². The molecule has 0 aliphatic carbocycles. The molecular weight excluding hydrogens is 306 g/mol. The smallest absolute Gasteiger partial charge is 0.337 e. The van der Waals surface area contributed by atoms with Crippen molar-refractivity contribution in [3.63, 3.8) is 0 Å². The first-order valence-electron chi connectivity index (χ1n) is 6.57. The van der Waals surface area contributed by atoms with Crippen LogP contribution < -0.4 is 0 Å². The highest BCUT2D eigenvalue weighted by Gasteiger charge is 2.17. The average molecular weight is 316 g/mol. The van der Waals surface area contributed by atoms with Crippen LogP contribution in [-0.4, -0.2) is 23.2 Å². The van der Waals surface area contributed by atoms with Gasteiger partial charge in [0.05, 0.1) is 18.2 Å². The number of carbonyl (C=O) groups is 1. The van der Waals surface area contributed by atoms with Crippen LogP contribution in [0.4, 0.5) is 8.78 Å². The second-order valence-corrected chi connectivity index (χ2v) is 4.60. The van der Waals surface area contributed by atoms with E-state index in [1.165, 1.54) is 25.3 Å². The lowest BCUT2D eigenvalue weighted by Gasteiger charge is -2.00. The molecule has 2 aromatic carbocycles. The Kier molecular flexibility index (Phi) is 3.84. The van der Waals surface area contributed by atoms with Gasteiger partial charge >= 0.3 is 5.97 Å².